The predicted octanol–water partition coefficient (Wildman–Crippen LogP) is 3.64. The van der Waals surface area contributed by atoms with Crippen LogP contribution in [0, 0.1) is 5.41 Å². The largest absolute Gasteiger partial charge is 0.348 e. The van der Waals surface area contributed by atoms with E-state index in [1.165, 1.54) is 5.56 Å². The average molecular weight is 390 g/mol. The molecule has 0 fully saturated rings. The Morgan fingerprint density at radius 1 is 0.966 bits per heavy atom. The van der Waals surface area contributed by atoms with E-state index in [2.05, 4.69) is 27.4 Å². The van der Waals surface area contributed by atoms with E-state index in [1.807, 2.05) is 47.5 Å². The minimum atomic E-state index is -0.253. The van der Waals surface area contributed by atoms with Crippen LogP contribution in [0.25, 0.3) is 0 Å². The number of guanidine groups is 1. The topological polar surface area (TPSA) is 84.9 Å². The second-order valence-electron chi connectivity index (χ2n) is 6.93. The molecule has 0 spiro atoms. The number of nitrogens with zero attached hydrogens (tertiary/aromatic N) is 2. The fraction of sp³-hybridized carbons (Fsp3) is 0.261. The van der Waals surface area contributed by atoms with Gasteiger partial charge in [-0.3, -0.25) is 15.5 Å². The van der Waals surface area contributed by atoms with E-state index in [4.69, 9.17) is 5.41 Å². The first-order chi connectivity index (χ1) is 14.2. The molecule has 1 amide bonds. The SMILES string of the molecule is N=C(NC(=O)c1ccccc1)N(CCCc1ccccc1)CCCc1cnc[nH]1. The van der Waals surface area contributed by atoms with E-state index in [0.29, 0.717) is 18.7 Å². The zero-order valence-electron chi connectivity index (χ0n) is 16.5. The molecule has 1 aromatic heterocycles. The van der Waals surface area contributed by atoms with Gasteiger partial charge < -0.3 is 9.88 Å². The molecule has 0 bridgehead atoms. The minimum absolute atomic E-state index is 0.150. The summed E-state index contributed by atoms with van der Waals surface area (Å²) in [6.07, 6.45) is 7.08. The fourth-order valence-corrected chi connectivity index (χ4v) is 3.18. The number of aromatic amines is 1. The minimum Gasteiger partial charge on any atom is -0.348 e. The molecule has 3 aromatic rings. The van der Waals surface area contributed by atoms with Crippen molar-refractivity contribution in [3.63, 3.8) is 0 Å². The van der Waals surface area contributed by atoms with Gasteiger partial charge in [-0.2, -0.15) is 0 Å². The van der Waals surface area contributed by atoms with Crippen LogP contribution in [0.5, 0.6) is 0 Å². The third-order valence-corrected chi connectivity index (χ3v) is 4.75. The first kappa shape index (κ1) is 20.3. The number of H-pyrrole nitrogens is 1. The number of benzene rings is 2. The van der Waals surface area contributed by atoms with Crippen molar-refractivity contribution in [1.29, 1.82) is 5.41 Å². The Kier molecular flexibility index (Phi) is 7.57. The molecular formula is C23H27N5O. The number of imidazole rings is 1. The van der Waals surface area contributed by atoms with E-state index < -0.39 is 0 Å². The monoisotopic (exact) mass is 389 g/mol. The number of carbonyl (C=O) groups is 1. The summed E-state index contributed by atoms with van der Waals surface area (Å²) in [4.78, 5) is 21.5. The van der Waals surface area contributed by atoms with Crippen LogP contribution in [-0.4, -0.2) is 39.8 Å². The molecule has 3 rings (SSSR count). The number of carbonyl (C=O) groups excluding carboxylic acids is 1. The highest BCUT2D eigenvalue weighted by Gasteiger charge is 2.14. The van der Waals surface area contributed by atoms with Gasteiger partial charge in [-0.25, -0.2) is 4.98 Å². The van der Waals surface area contributed by atoms with E-state index in [9.17, 15) is 4.79 Å². The number of aromatic nitrogens is 2. The molecule has 150 valence electrons. The zero-order valence-corrected chi connectivity index (χ0v) is 16.5. The summed E-state index contributed by atoms with van der Waals surface area (Å²) in [5.74, 6) is -0.103. The molecule has 2 aromatic carbocycles. The lowest BCUT2D eigenvalue weighted by atomic mass is 10.1. The van der Waals surface area contributed by atoms with E-state index in [0.717, 1.165) is 31.4 Å². The van der Waals surface area contributed by atoms with Crippen LogP contribution in [0.1, 0.15) is 34.5 Å². The smallest absolute Gasteiger partial charge is 0.257 e. The average Bonchev–Trinajstić information content (AvgIpc) is 3.27. The number of hydrogen-bond acceptors (Lipinski definition) is 3. The van der Waals surface area contributed by atoms with Crippen molar-refractivity contribution >= 4 is 11.9 Å². The number of amides is 1. The summed E-state index contributed by atoms with van der Waals surface area (Å²) < 4.78 is 0. The number of hydrogen-bond donors (Lipinski definition) is 3. The molecule has 3 N–H and O–H groups in total. The molecule has 0 aliphatic carbocycles. The maximum Gasteiger partial charge on any atom is 0.257 e. The van der Waals surface area contributed by atoms with Crippen LogP contribution in [-0.2, 0) is 12.8 Å². The van der Waals surface area contributed by atoms with Crippen molar-refractivity contribution in [1.82, 2.24) is 20.2 Å². The summed E-state index contributed by atoms with van der Waals surface area (Å²) >= 11 is 0. The van der Waals surface area contributed by atoms with Crippen molar-refractivity contribution < 1.29 is 4.79 Å². The van der Waals surface area contributed by atoms with Gasteiger partial charge in [-0.05, 0) is 43.4 Å². The molecule has 0 aliphatic rings. The van der Waals surface area contributed by atoms with Gasteiger partial charge in [0.2, 0.25) is 0 Å². The van der Waals surface area contributed by atoms with Crippen LogP contribution in [0.4, 0.5) is 0 Å². The molecule has 6 heteroatoms. The molecular weight excluding hydrogens is 362 g/mol. The first-order valence-corrected chi connectivity index (χ1v) is 9.93. The Morgan fingerprint density at radius 2 is 1.62 bits per heavy atom. The third kappa shape index (κ3) is 6.60. The lowest BCUT2D eigenvalue weighted by Gasteiger charge is -2.25. The second-order valence-corrected chi connectivity index (χ2v) is 6.93. The zero-order chi connectivity index (χ0) is 20.3. The first-order valence-electron chi connectivity index (χ1n) is 9.93. The van der Waals surface area contributed by atoms with Gasteiger partial charge in [0.15, 0.2) is 5.96 Å². The molecule has 0 saturated carbocycles. The fourth-order valence-electron chi connectivity index (χ4n) is 3.18. The Hall–Kier alpha value is -3.41. The van der Waals surface area contributed by atoms with Gasteiger partial charge in [0, 0.05) is 30.5 Å². The van der Waals surface area contributed by atoms with Crippen molar-refractivity contribution in [3.8, 4) is 0 Å². The number of rotatable bonds is 9. The summed E-state index contributed by atoms with van der Waals surface area (Å²) in [5, 5.41) is 11.2. The summed E-state index contributed by atoms with van der Waals surface area (Å²) in [6.45, 7) is 1.41. The number of nitrogens with one attached hydrogen (secondary N) is 3. The summed E-state index contributed by atoms with van der Waals surface area (Å²) in [6, 6.07) is 19.3. The van der Waals surface area contributed by atoms with Crippen molar-refractivity contribution in [2.24, 2.45) is 0 Å². The van der Waals surface area contributed by atoms with Gasteiger partial charge in [0.05, 0.1) is 6.33 Å². The van der Waals surface area contributed by atoms with Gasteiger partial charge in [-0.1, -0.05) is 48.5 Å². The number of aryl methyl sites for hydroxylation is 2. The van der Waals surface area contributed by atoms with E-state index in [1.54, 1.807) is 18.5 Å². The molecule has 0 atom stereocenters. The maximum absolute atomic E-state index is 12.4. The molecule has 0 aliphatic heterocycles. The summed E-state index contributed by atoms with van der Waals surface area (Å²) in [5.41, 5.74) is 2.91. The summed E-state index contributed by atoms with van der Waals surface area (Å²) in [7, 11) is 0. The highest BCUT2D eigenvalue weighted by molar-refractivity contribution is 6.04. The Morgan fingerprint density at radius 3 is 2.28 bits per heavy atom. The standard InChI is InChI=1S/C23H27N5O/c24-23(27-22(29)20-12-5-2-6-13-20)28(16-8-14-21-17-25-18-26-21)15-7-11-19-9-3-1-4-10-19/h1-6,9-10,12-13,17-18H,7-8,11,14-16H2,(H,25,26)(H2,24,27,29). The van der Waals surface area contributed by atoms with Gasteiger partial charge in [-0.15, -0.1) is 0 Å². The van der Waals surface area contributed by atoms with Crippen molar-refractivity contribution in [3.05, 3.63) is 90.0 Å². The maximum atomic E-state index is 12.4. The van der Waals surface area contributed by atoms with Gasteiger partial charge in [0.25, 0.3) is 5.91 Å². The van der Waals surface area contributed by atoms with Crippen molar-refractivity contribution in [2.75, 3.05) is 13.1 Å². The molecule has 0 radical (unpaired) electrons. The molecule has 1 heterocycles. The molecule has 0 unspecified atom stereocenters. The highest BCUT2D eigenvalue weighted by atomic mass is 16.1. The van der Waals surface area contributed by atoms with Crippen LogP contribution in [0.15, 0.2) is 73.2 Å². The third-order valence-electron chi connectivity index (χ3n) is 4.75. The van der Waals surface area contributed by atoms with E-state index >= 15 is 0 Å². The van der Waals surface area contributed by atoms with Crippen molar-refractivity contribution in [2.45, 2.75) is 25.7 Å². The quantitative estimate of drug-likeness (QED) is 0.386. The van der Waals surface area contributed by atoms with E-state index in [-0.39, 0.29) is 11.9 Å². The molecule has 6 nitrogen and oxygen atoms in total. The lowest BCUT2D eigenvalue weighted by Crippen LogP contribution is -2.44. The highest BCUT2D eigenvalue weighted by Crippen LogP contribution is 2.06. The van der Waals surface area contributed by atoms with Crippen LogP contribution in [0.2, 0.25) is 0 Å². The van der Waals surface area contributed by atoms with Gasteiger partial charge in [0.1, 0.15) is 0 Å². The van der Waals surface area contributed by atoms with Crippen LogP contribution >= 0.6 is 0 Å². The Bertz CT molecular complexity index is 878. The van der Waals surface area contributed by atoms with Gasteiger partial charge >= 0.3 is 0 Å². The second kappa shape index (κ2) is 10.8. The lowest BCUT2D eigenvalue weighted by molar-refractivity contribution is 0.0971. The molecule has 29 heavy (non-hydrogen) atoms. The predicted molar refractivity (Wildman–Crippen MR) is 115 cm³/mol. The van der Waals surface area contributed by atoms with Crippen LogP contribution in [0.3, 0.4) is 0 Å². The Labute approximate surface area is 171 Å². The normalized spacial score (nSPS) is 10.5. The Balaban J connectivity index is 1.55. The molecule has 0 saturated heterocycles. The van der Waals surface area contributed by atoms with Crippen LogP contribution < -0.4 is 5.32 Å².